The third-order valence-electron chi connectivity index (χ3n) is 2.61. The van der Waals surface area contributed by atoms with Crippen LogP contribution >= 0.6 is 12.6 Å². The summed E-state index contributed by atoms with van der Waals surface area (Å²) in [5.74, 6) is 0.975. The molecule has 16 heavy (non-hydrogen) atoms. The highest BCUT2D eigenvalue weighted by Gasteiger charge is 2.30. The molecule has 1 aliphatic heterocycles. The first-order chi connectivity index (χ1) is 7.67. The Balaban J connectivity index is 2.48. The van der Waals surface area contributed by atoms with Gasteiger partial charge in [-0.1, -0.05) is 6.07 Å². The fourth-order valence-electron chi connectivity index (χ4n) is 1.73. The summed E-state index contributed by atoms with van der Waals surface area (Å²) in [6.07, 6.45) is -0.455. The largest absolute Gasteiger partial charge is 0.479 e. The van der Waals surface area contributed by atoms with Gasteiger partial charge in [0.25, 0.3) is 5.91 Å². The Bertz CT molecular complexity index is 422. The lowest BCUT2D eigenvalue weighted by Gasteiger charge is -2.32. The molecule has 0 fully saturated rings. The van der Waals surface area contributed by atoms with Crippen molar-refractivity contribution in [3.05, 3.63) is 23.8 Å². The second-order valence-electron chi connectivity index (χ2n) is 3.67. The van der Waals surface area contributed by atoms with Gasteiger partial charge >= 0.3 is 0 Å². The van der Waals surface area contributed by atoms with Crippen LogP contribution in [0.5, 0.6) is 5.75 Å². The van der Waals surface area contributed by atoms with E-state index < -0.39 is 6.10 Å². The molecular weight excluding hydrogens is 224 g/mol. The van der Waals surface area contributed by atoms with E-state index in [-0.39, 0.29) is 5.91 Å². The fraction of sp³-hybridized carbons (Fsp3) is 0.364. The molecule has 0 radical (unpaired) electrons. The zero-order chi connectivity index (χ0) is 11.7. The number of amides is 1. The van der Waals surface area contributed by atoms with Crippen LogP contribution in [-0.2, 0) is 11.3 Å². The van der Waals surface area contributed by atoms with Crippen molar-refractivity contribution in [2.75, 3.05) is 10.8 Å². The maximum absolute atomic E-state index is 11.8. The molecule has 2 N–H and O–H groups in total. The molecule has 1 heterocycles. The van der Waals surface area contributed by atoms with E-state index in [1.807, 2.05) is 18.2 Å². The van der Waals surface area contributed by atoms with Gasteiger partial charge in [0, 0.05) is 6.54 Å². The van der Waals surface area contributed by atoms with E-state index >= 15 is 0 Å². The molecule has 0 saturated carbocycles. The van der Waals surface area contributed by atoms with Crippen LogP contribution in [-0.4, -0.2) is 17.9 Å². The van der Waals surface area contributed by atoms with Crippen molar-refractivity contribution in [2.24, 2.45) is 5.73 Å². The van der Waals surface area contributed by atoms with Crippen LogP contribution in [0.1, 0.15) is 12.5 Å². The van der Waals surface area contributed by atoms with E-state index in [2.05, 4.69) is 12.6 Å². The Labute approximate surface area is 99.8 Å². The number of carbonyl (C=O) groups excluding carboxylic acids is 1. The molecule has 86 valence electrons. The molecular formula is C11H14N2O2S. The number of fused-ring (bicyclic) bond motifs is 1. The minimum Gasteiger partial charge on any atom is -0.479 e. The summed E-state index contributed by atoms with van der Waals surface area (Å²) < 4.78 is 5.51. The number of nitrogens with zero attached hydrogens (tertiary/aromatic N) is 1. The monoisotopic (exact) mass is 238 g/mol. The molecule has 1 unspecified atom stereocenters. The summed E-state index contributed by atoms with van der Waals surface area (Å²) in [6.45, 7) is 2.18. The van der Waals surface area contributed by atoms with Gasteiger partial charge in [0.2, 0.25) is 0 Å². The molecule has 1 atom stereocenters. The van der Waals surface area contributed by atoms with Crippen molar-refractivity contribution in [3.8, 4) is 5.75 Å². The van der Waals surface area contributed by atoms with Gasteiger partial charge in [0.05, 0.1) is 11.6 Å². The van der Waals surface area contributed by atoms with E-state index in [9.17, 15) is 4.79 Å². The predicted octanol–water partition coefficient (Wildman–Crippen LogP) is 1.15. The van der Waals surface area contributed by atoms with Crippen molar-refractivity contribution in [2.45, 2.75) is 19.6 Å². The van der Waals surface area contributed by atoms with Crippen LogP contribution in [0.2, 0.25) is 0 Å². The summed E-state index contributed by atoms with van der Waals surface area (Å²) in [5, 5.41) is 0. The van der Waals surface area contributed by atoms with Crippen LogP contribution in [0, 0.1) is 0 Å². The first-order valence-electron chi connectivity index (χ1n) is 5.09. The highest BCUT2D eigenvalue weighted by atomic mass is 32.1. The first-order valence-corrected chi connectivity index (χ1v) is 5.72. The minimum atomic E-state index is -0.455. The standard InChI is InChI=1S/C11H14N2O2S/c1-7-11(14)13(6-16)9-4-8(5-12)2-3-10(9)15-7/h2-4,7,16H,5-6,12H2,1H3. The number of ether oxygens (including phenoxy) is 1. The number of thiol groups is 1. The van der Waals surface area contributed by atoms with Gasteiger partial charge in [-0.05, 0) is 24.6 Å². The number of hydrogen-bond donors (Lipinski definition) is 2. The molecule has 1 amide bonds. The van der Waals surface area contributed by atoms with E-state index in [1.165, 1.54) is 0 Å². The summed E-state index contributed by atoms with van der Waals surface area (Å²) in [4.78, 5) is 13.4. The Morgan fingerprint density at radius 1 is 1.56 bits per heavy atom. The average Bonchev–Trinajstić information content (AvgIpc) is 2.30. The lowest BCUT2D eigenvalue weighted by atomic mass is 10.1. The SMILES string of the molecule is CC1Oc2ccc(CN)cc2N(CS)C1=O. The Kier molecular flexibility index (Phi) is 3.07. The van der Waals surface area contributed by atoms with Gasteiger partial charge in [0.15, 0.2) is 6.10 Å². The van der Waals surface area contributed by atoms with Crippen molar-refractivity contribution >= 4 is 24.2 Å². The normalized spacial score (nSPS) is 19.3. The van der Waals surface area contributed by atoms with Crippen LogP contribution in [0.4, 0.5) is 5.69 Å². The topological polar surface area (TPSA) is 55.6 Å². The van der Waals surface area contributed by atoms with Gasteiger partial charge in [-0.15, -0.1) is 0 Å². The molecule has 1 aromatic rings. The van der Waals surface area contributed by atoms with Crippen LogP contribution in [0.3, 0.4) is 0 Å². The quantitative estimate of drug-likeness (QED) is 0.760. The first kappa shape index (κ1) is 11.3. The predicted molar refractivity (Wildman–Crippen MR) is 65.8 cm³/mol. The van der Waals surface area contributed by atoms with E-state index in [0.717, 1.165) is 11.3 Å². The molecule has 0 bridgehead atoms. The van der Waals surface area contributed by atoms with Gasteiger partial charge in [-0.3, -0.25) is 9.69 Å². The third kappa shape index (κ3) is 1.76. The van der Waals surface area contributed by atoms with Crippen molar-refractivity contribution < 1.29 is 9.53 Å². The maximum atomic E-state index is 11.8. The van der Waals surface area contributed by atoms with Crippen molar-refractivity contribution in [1.29, 1.82) is 0 Å². The molecule has 1 aromatic carbocycles. The number of nitrogens with two attached hydrogens (primary N) is 1. The minimum absolute atomic E-state index is 0.0725. The molecule has 2 rings (SSSR count). The fourth-order valence-corrected chi connectivity index (χ4v) is 2.02. The summed E-state index contributed by atoms with van der Waals surface area (Å²) in [5.41, 5.74) is 7.29. The zero-order valence-electron chi connectivity index (χ0n) is 9.01. The van der Waals surface area contributed by atoms with Crippen LogP contribution < -0.4 is 15.4 Å². The number of anilines is 1. The molecule has 0 aromatic heterocycles. The Morgan fingerprint density at radius 2 is 2.31 bits per heavy atom. The molecule has 0 aliphatic carbocycles. The number of carbonyl (C=O) groups is 1. The summed E-state index contributed by atoms with van der Waals surface area (Å²) in [7, 11) is 0. The number of rotatable bonds is 2. The Morgan fingerprint density at radius 3 is 2.94 bits per heavy atom. The molecule has 0 saturated heterocycles. The second kappa shape index (κ2) is 4.35. The molecule has 0 spiro atoms. The van der Waals surface area contributed by atoms with Gasteiger partial charge < -0.3 is 10.5 Å². The van der Waals surface area contributed by atoms with E-state index in [1.54, 1.807) is 11.8 Å². The van der Waals surface area contributed by atoms with E-state index in [4.69, 9.17) is 10.5 Å². The van der Waals surface area contributed by atoms with Gasteiger partial charge in [0.1, 0.15) is 5.75 Å². The lowest BCUT2D eigenvalue weighted by molar-refractivity contribution is -0.125. The number of benzene rings is 1. The molecule has 4 nitrogen and oxygen atoms in total. The molecule has 1 aliphatic rings. The second-order valence-corrected chi connectivity index (χ2v) is 3.96. The summed E-state index contributed by atoms with van der Waals surface area (Å²) >= 11 is 4.17. The van der Waals surface area contributed by atoms with Gasteiger partial charge in [-0.2, -0.15) is 12.6 Å². The maximum Gasteiger partial charge on any atom is 0.268 e. The van der Waals surface area contributed by atoms with Crippen molar-refractivity contribution in [1.82, 2.24) is 0 Å². The molecule has 5 heteroatoms. The lowest BCUT2D eigenvalue weighted by Crippen LogP contribution is -2.43. The van der Waals surface area contributed by atoms with Crippen LogP contribution in [0.25, 0.3) is 0 Å². The highest BCUT2D eigenvalue weighted by Crippen LogP contribution is 2.34. The Hall–Kier alpha value is -1.20. The third-order valence-corrected chi connectivity index (χ3v) is 2.89. The smallest absolute Gasteiger partial charge is 0.268 e. The summed E-state index contributed by atoms with van der Waals surface area (Å²) in [6, 6.07) is 5.62. The van der Waals surface area contributed by atoms with Gasteiger partial charge in [-0.25, -0.2) is 0 Å². The average molecular weight is 238 g/mol. The van der Waals surface area contributed by atoms with Crippen LogP contribution in [0.15, 0.2) is 18.2 Å². The van der Waals surface area contributed by atoms with Crippen molar-refractivity contribution in [3.63, 3.8) is 0 Å². The highest BCUT2D eigenvalue weighted by molar-refractivity contribution is 7.80. The number of hydrogen-bond acceptors (Lipinski definition) is 4. The van der Waals surface area contributed by atoms with E-state index in [0.29, 0.717) is 18.2 Å². The zero-order valence-corrected chi connectivity index (χ0v) is 9.91.